The molecule has 0 aliphatic heterocycles. The highest BCUT2D eigenvalue weighted by molar-refractivity contribution is 6.31. The van der Waals surface area contributed by atoms with Crippen molar-refractivity contribution in [1.29, 1.82) is 0 Å². The lowest BCUT2D eigenvalue weighted by molar-refractivity contribution is -0.137. The van der Waals surface area contributed by atoms with Crippen LogP contribution >= 0.6 is 11.6 Å². The predicted octanol–water partition coefficient (Wildman–Crippen LogP) is 4.17. The fourth-order valence-electron chi connectivity index (χ4n) is 2.57. The highest BCUT2D eigenvalue weighted by Crippen LogP contribution is 2.30. The topological polar surface area (TPSA) is 84.2 Å². The van der Waals surface area contributed by atoms with E-state index in [2.05, 4.69) is 10.4 Å². The van der Waals surface area contributed by atoms with Crippen LogP contribution < -0.4 is 10.7 Å². The number of hydrogen-bond donors (Lipinski definition) is 2. The summed E-state index contributed by atoms with van der Waals surface area (Å²) in [6, 6.07) is 9.32. The third kappa shape index (κ3) is 4.40. The lowest BCUT2D eigenvalue weighted by Crippen LogP contribution is -2.27. The van der Waals surface area contributed by atoms with E-state index in [1.807, 2.05) is 0 Å². The average Bonchev–Trinajstić information content (AvgIpc) is 2.64. The van der Waals surface area contributed by atoms with Gasteiger partial charge in [-0.25, -0.2) is 4.68 Å². The molecule has 3 rings (SSSR count). The molecule has 29 heavy (non-hydrogen) atoms. The Hall–Kier alpha value is -3.33. The van der Waals surface area contributed by atoms with Crippen molar-refractivity contribution in [2.24, 2.45) is 0 Å². The number of halogens is 4. The highest BCUT2D eigenvalue weighted by atomic mass is 35.5. The molecule has 0 aliphatic carbocycles. The first-order valence-corrected chi connectivity index (χ1v) is 8.52. The van der Waals surface area contributed by atoms with E-state index >= 15 is 0 Å². The van der Waals surface area contributed by atoms with Gasteiger partial charge in [-0.05, 0) is 43.3 Å². The third-order valence-corrected chi connectivity index (χ3v) is 4.18. The van der Waals surface area contributed by atoms with Gasteiger partial charge in [-0.2, -0.15) is 18.3 Å². The SMILES string of the molecule is Cc1cc(=O)c(C(=O)Nc2cc(Cl)ccc2O)nn1-c1cccc(C(F)(F)F)c1. The van der Waals surface area contributed by atoms with Crippen molar-refractivity contribution in [3.8, 4) is 11.4 Å². The monoisotopic (exact) mass is 423 g/mol. The Bertz CT molecular complexity index is 1160. The molecule has 10 heteroatoms. The van der Waals surface area contributed by atoms with Crippen molar-refractivity contribution in [3.05, 3.63) is 80.7 Å². The van der Waals surface area contributed by atoms with Crippen molar-refractivity contribution in [2.45, 2.75) is 13.1 Å². The summed E-state index contributed by atoms with van der Waals surface area (Å²) in [5, 5.41) is 16.3. The molecule has 2 aromatic carbocycles. The maximum absolute atomic E-state index is 13.0. The second-order valence-corrected chi connectivity index (χ2v) is 6.51. The number of aromatic hydroxyl groups is 1. The van der Waals surface area contributed by atoms with Crippen LogP contribution in [0, 0.1) is 6.92 Å². The molecule has 1 heterocycles. The molecule has 0 bridgehead atoms. The summed E-state index contributed by atoms with van der Waals surface area (Å²) in [7, 11) is 0. The second-order valence-electron chi connectivity index (χ2n) is 6.07. The van der Waals surface area contributed by atoms with Gasteiger partial charge >= 0.3 is 6.18 Å². The van der Waals surface area contributed by atoms with Crippen molar-refractivity contribution in [2.75, 3.05) is 5.32 Å². The summed E-state index contributed by atoms with van der Waals surface area (Å²) < 4.78 is 40.0. The summed E-state index contributed by atoms with van der Waals surface area (Å²) in [6.45, 7) is 1.47. The minimum atomic E-state index is -4.56. The molecule has 1 aromatic heterocycles. The number of alkyl halides is 3. The number of anilines is 1. The van der Waals surface area contributed by atoms with E-state index in [-0.39, 0.29) is 27.8 Å². The van der Waals surface area contributed by atoms with E-state index in [1.54, 1.807) is 0 Å². The molecule has 0 atom stereocenters. The average molecular weight is 424 g/mol. The van der Waals surface area contributed by atoms with E-state index in [0.717, 1.165) is 22.9 Å². The van der Waals surface area contributed by atoms with Gasteiger partial charge in [0.05, 0.1) is 16.9 Å². The Morgan fingerprint density at radius 1 is 1.17 bits per heavy atom. The highest BCUT2D eigenvalue weighted by Gasteiger charge is 2.30. The molecule has 0 spiro atoms. The maximum Gasteiger partial charge on any atom is 0.416 e. The van der Waals surface area contributed by atoms with E-state index in [0.29, 0.717) is 0 Å². The molecule has 1 amide bonds. The number of carbonyl (C=O) groups excluding carboxylic acids is 1. The van der Waals surface area contributed by atoms with E-state index in [1.165, 1.54) is 37.3 Å². The van der Waals surface area contributed by atoms with E-state index < -0.39 is 28.8 Å². The number of benzene rings is 2. The van der Waals surface area contributed by atoms with Crippen molar-refractivity contribution in [1.82, 2.24) is 9.78 Å². The van der Waals surface area contributed by atoms with Crippen molar-refractivity contribution in [3.63, 3.8) is 0 Å². The van der Waals surface area contributed by atoms with Crippen molar-refractivity contribution >= 4 is 23.2 Å². The van der Waals surface area contributed by atoms with Gasteiger partial charge in [0.1, 0.15) is 5.75 Å². The Balaban J connectivity index is 2.03. The Morgan fingerprint density at radius 3 is 2.59 bits per heavy atom. The lowest BCUT2D eigenvalue weighted by Gasteiger charge is -2.14. The number of nitrogens with one attached hydrogen (secondary N) is 1. The summed E-state index contributed by atoms with van der Waals surface area (Å²) in [5.74, 6) is -1.23. The van der Waals surface area contributed by atoms with Crippen LogP contribution in [0.5, 0.6) is 5.75 Å². The molecule has 0 unspecified atom stereocenters. The lowest BCUT2D eigenvalue weighted by atomic mass is 10.2. The first-order valence-electron chi connectivity index (χ1n) is 8.15. The zero-order valence-electron chi connectivity index (χ0n) is 14.8. The quantitative estimate of drug-likeness (QED) is 0.619. The third-order valence-electron chi connectivity index (χ3n) is 3.95. The van der Waals surface area contributed by atoms with Crippen LogP contribution in [-0.4, -0.2) is 20.8 Å². The summed E-state index contributed by atoms with van der Waals surface area (Å²) >= 11 is 5.82. The molecule has 3 aromatic rings. The van der Waals surface area contributed by atoms with Crippen LogP contribution in [0.2, 0.25) is 5.02 Å². The van der Waals surface area contributed by atoms with E-state index in [9.17, 15) is 27.9 Å². The summed E-state index contributed by atoms with van der Waals surface area (Å²) in [4.78, 5) is 24.7. The number of phenols is 1. The van der Waals surface area contributed by atoms with Gasteiger partial charge in [-0.1, -0.05) is 17.7 Å². The summed E-state index contributed by atoms with van der Waals surface area (Å²) in [5.41, 5.74) is -1.98. The number of amides is 1. The van der Waals surface area contributed by atoms with Crippen LogP contribution in [0.1, 0.15) is 21.7 Å². The van der Waals surface area contributed by atoms with Gasteiger partial charge in [0.15, 0.2) is 5.69 Å². The Morgan fingerprint density at radius 2 is 1.90 bits per heavy atom. The number of nitrogens with zero attached hydrogens (tertiary/aromatic N) is 2. The van der Waals surface area contributed by atoms with Gasteiger partial charge in [0, 0.05) is 16.8 Å². The number of hydrogen-bond acceptors (Lipinski definition) is 4. The Labute approximate surface area is 167 Å². The van der Waals surface area contributed by atoms with Crippen LogP contribution in [0.3, 0.4) is 0 Å². The smallest absolute Gasteiger partial charge is 0.416 e. The minimum absolute atomic E-state index is 0.0250. The van der Waals surface area contributed by atoms with Gasteiger partial charge in [0.2, 0.25) is 5.43 Å². The molecule has 0 saturated heterocycles. The molecule has 150 valence electrons. The largest absolute Gasteiger partial charge is 0.506 e. The minimum Gasteiger partial charge on any atom is -0.506 e. The number of phenolic OH excluding ortho intramolecular Hbond substituents is 1. The first-order chi connectivity index (χ1) is 13.6. The molecule has 0 aliphatic rings. The molecule has 0 radical (unpaired) electrons. The van der Waals surface area contributed by atoms with Gasteiger partial charge < -0.3 is 10.4 Å². The van der Waals surface area contributed by atoms with Gasteiger partial charge in [-0.15, -0.1) is 0 Å². The predicted molar refractivity (Wildman–Crippen MR) is 101 cm³/mol. The molecule has 2 N–H and O–H groups in total. The van der Waals surface area contributed by atoms with Crippen LogP contribution in [0.15, 0.2) is 53.3 Å². The fraction of sp³-hybridized carbons (Fsp3) is 0.105. The zero-order valence-corrected chi connectivity index (χ0v) is 15.5. The van der Waals surface area contributed by atoms with Crippen LogP contribution in [0.25, 0.3) is 5.69 Å². The number of rotatable bonds is 3. The van der Waals surface area contributed by atoms with Gasteiger partial charge in [-0.3, -0.25) is 9.59 Å². The Kier molecular flexibility index (Phi) is 5.34. The second kappa shape index (κ2) is 7.59. The zero-order chi connectivity index (χ0) is 21.3. The van der Waals surface area contributed by atoms with Crippen LogP contribution in [0.4, 0.5) is 18.9 Å². The fourth-order valence-corrected chi connectivity index (χ4v) is 2.74. The summed E-state index contributed by atoms with van der Waals surface area (Å²) in [6.07, 6.45) is -4.56. The molecular weight excluding hydrogens is 411 g/mol. The molecule has 0 fully saturated rings. The number of carbonyl (C=O) groups is 1. The van der Waals surface area contributed by atoms with E-state index in [4.69, 9.17) is 11.6 Å². The standard InChI is InChI=1S/C19H13ClF3N3O3/c1-10-7-16(28)17(18(29)24-14-9-12(20)5-6-15(14)27)25-26(10)13-4-2-3-11(8-13)19(21,22)23/h2-9,27H,1H3,(H,24,29). The maximum atomic E-state index is 13.0. The molecule has 0 saturated carbocycles. The normalized spacial score (nSPS) is 11.3. The number of aryl methyl sites for hydroxylation is 1. The number of aromatic nitrogens is 2. The van der Waals surface area contributed by atoms with Crippen molar-refractivity contribution < 1.29 is 23.1 Å². The molecule has 6 nitrogen and oxygen atoms in total. The first kappa shape index (κ1) is 20.4. The van der Waals surface area contributed by atoms with Crippen LogP contribution in [-0.2, 0) is 6.18 Å². The molecular formula is C19H13ClF3N3O3. The van der Waals surface area contributed by atoms with Gasteiger partial charge in [0.25, 0.3) is 5.91 Å².